The summed E-state index contributed by atoms with van der Waals surface area (Å²) in [5.74, 6) is 0. The normalized spacial score (nSPS) is 11.6. The number of rotatable bonds is 9. The molecule has 22 aromatic carbocycles. The Balaban J connectivity index is 0.000000106. The average molecular weight is 1540 g/mol. The molecule has 564 valence electrons. The second kappa shape index (κ2) is 29.7. The highest BCUT2D eigenvalue weighted by Gasteiger charge is 2.24. The number of hydrogen-bond donors (Lipinski definition) is 0. The van der Waals surface area contributed by atoms with Crippen LogP contribution in [-0.2, 0) is 0 Å². The van der Waals surface area contributed by atoms with E-state index in [1.54, 1.807) is 0 Å². The van der Waals surface area contributed by atoms with Gasteiger partial charge in [-0.3, -0.25) is 0 Å². The zero-order valence-corrected chi connectivity index (χ0v) is 65.9. The number of hydrogen-bond acceptors (Lipinski definition) is 3. The van der Waals surface area contributed by atoms with Crippen molar-refractivity contribution in [1.82, 2.24) is 0 Å². The van der Waals surface area contributed by atoms with Crippen LogP contribution in [0.25, 0.3) is 241 Å². The summed E-state index contributed by atoms with van der Waals surface area (Å²) >= 11 is 0. The fourth-order valence-electron chi connectivity index (χ4n) is 19.2. The Kier molecular flexibility index (Phi) is 17.3. The molecule has 0 aliphatic heterocycles. The molecule has 0 N–H and O–H groups in total. The van der Waals surface area contributed by atoms with E-state index in [9.17, 15) is 0 Å². The van der Waals surface area contributed by atoms with Gasteiger partial charge in [-0.1, -0.05) is 388 Å². The summed E-state index contributed by atoms with van der Waals surface area (Å²) in [7, 11) is 0. The fourth-order valence-corrected chi connectivity index (χ4v) is 19.2. The van der Waals surface area contributed by atoms with Crippen LogP contribution in [0.5, 0.6) is 0 Å². The van der Waals surface area contributed by atoms with Gasteiger partial charge >= 0.3 is 0 Å². The molecule has 121 heavy (non-hydrogen) atoms. The van der Waals surface area contributed by atoms with Gasteiger partial charge in [-0.25, -0.2) is 0 Å². The van der Waals surface area contributed by atoms with Gasteiger partial charge in [0.2, 0.25) is 0 Å². The lowest BCUT2D eigenvalue weighted by Crippen LogP contribution is -1.93. The van der Waals surface area contributed by atoms with Crippen molar-refractivity contribution in [3.05, 3.63) is 449 Å². The minimum atomic E-state index is 0.914. The lowest BCUT2D eigenvalue weighted by atomic mass is 9.83. The third-order valence-electron chi connectivity index (χ3n) is 24.6. The molecule has 0 fully saturated rings. The van der Waals surface area contributed by atoms with E-state index in [-0.39, 0.29) is 0 Å². The fraction of sp³-hybridized carbons (Fsp3) is 0. The van der Waals surface area contributed by atoms with Crippen molar-refractivity contribution < 1.29 is 13.3 Å². The Hall–Kier alpha value is -15.9. The van der Waals surface area contributed by atoms with Gasteiger partial charge in [0.25, 0.3) is 0 Å². The second-order valence-electron chi connectivity index (χ2n) is 31.4. The average Bonchev–Trinajstić information content (AvgIpc) is 0.928. The van der Waals surface area contributed by atoms with Crippen molar-refractivity contribution in [2.75, 3.05) is 0 Å². The van der Waals surface area contributed by atoms with Crippen molar-refractivity contribution in [2.45, 2.75) is 0 Å². The van der Waals surface area contributed by atoms with Crippen molar-refractivity contribution in [3.63, 3.8) is 0 Å². The molecule has 3 aromatic heterocycles. The van der Waals surface area contributed by atoms with Gasteiger partial charge in [-0.15, -0.1) is 0 Å². The van der Waals surface area contributed by atoms with E-state index in [0.717, 1.165) is 71.4 Å². The molecule has 0 radical (unpaired) electrons. The molecular formula is C118H74O3. The lowest BCUT2D eigenvalue weighted by Gasteiger charge is -2.20. The first-order valence-electron chi connectivity index (χ1n) is 41.5. The zero-order chi connectivity index (χ0) is 79.9. The van der Waals surface area contributed by atoms with Crippen LogP contribution >= 0.6 is 0 Å². The third-order valence-corrected chi connectivity index (χ3v) is 24.6. The molecule has 0 bridgehead atoms. The summed E-state index contributed by atoms with van der Waals surface area (Å²) in [5, 5.41) is 24.4. The summed E-state index contributed by atoms with van der Waals surface area (Å²) in [6.07, 6.45) is 0. The summed E-state index contributed by atoms with van der Waals surface area (Å²) in [4.78, 5) is 0. The van der Waals surface area contributed by atoms with E-state index < -0.39 is 0 Å². The first-order valence-corrected chi connectivity index (χ1v) is 41.5. The maximum atomic E-state index is 6.33. The number of para-hydroxylation sites is 3. The van der Waals surface area contributed by atoms with Crippen LogP contribution in [0, 0.1) is 0 Å². The first kappa shape index (κ1) is 70.5. The van der Waals surface area contributed by atoms with Gasteiger partial charge in [0, 0.05) is 32.3 Å². The molecule has 0 saturated heterocycles. The number of fused-ring (bicyclic) bond motifs is 16. The Labute approximate surface area is 698 Å². The predicted molar refractivity (Wildman–Crippen MR) is 513 cm³/mol. The molecule has 0 saturated carbocycles. The largest absolute Gasteiger partial charge is 0.456 e. The van der Waals surface area contributed by atoms with Crippen LogP contribution in [0.1, 0.15) is 0 Å². The van der Waals surface area contributed by atoms with E-state index in [1.165, 1.54) is 170 Å². The molecule has 25 rings (SSSR count). The van der Waals surface area contributed by atoms with E-state index in [0.29, 0.717) is 0 Å². The summed E-state index contributed by atoms with van der Waals surface area (Å²) in [6, 6.07) is 161. The van der Waals surface area contributed by atoms with E-state index in [1.807, 2.05) is 36.4 Å². The molecule has 0 unspecified atom stereocenters. The molecular weight excluding hydrogens is 1470 g/mol. The number of benzene rings is 22. The topological polar surface area (TPSA) is 39.4 Å². The van der Waals surface area contributed by atoms with Crippen LogP contribution in [0.4, 0.5) is 0 Å². The van der Waals surface area contributed by atoms with Gasteiger partial charge in [0.15, 0.2) is 0 Å². The zero-order valence-electron chi connectivity index (χ0n) is 65.9. The van der Waals surface area contributed by atoms with Crippen LogP contribution in [0.3, 0.4) is 0 Å². The molecule has 0 aliphatic rings. The predicted octanol–water partition coefficient (Wildman–Crippen LogP) is 33.8. The van der Waals surface area contributed by atoms with Crippen molar-refractivity contribution in [3.8, 4) is 100 Å². The third kappa shape index (κ3) is 12.2. The van der Waals surface area contributed by atoms with Crippen molar-refractivity contribution in [1.29, 1.82) is 0 Å². The van der Waals surface area contributed by atoms with Crippen molar-refractivity contribution in [2.24, 2.45) is 0 Å². The highest BCUT2D eigenvalue weighted by Crippen LogP contribution is 2.51. The lowest BCUT2D eigenvalue weighted by molar-refractivity contribution is 0.668. The minimum absolute atomic E-state index is 0.914. The summed E-state index contributed by atoms with van der Waals surface area (Å²) in [5.41, 5.74) is 27.6. The van der Waals surface area contributed by atoms with Gasteiger partial charge in [-0.05, 0) is 236 Å². The molecule has 3 heteroatoms. The molecule has 0 aliphatic carbocycles. The Morgan fingerprint density at radius 3 is 0.736 bits per heavy atom. The minimum Gasteiger partial charge on any atom is -0.456 e. The Bertz CT molecular complexity index is 8210. The Morgan fingerprint density at radius 1 is 0.107 bits per heavy atom. The molecule has 3 heterocycles. The molecule has 0 spiro atoms. The molecule has 25 aromatic rings. The van der Waals surface area contributed by atoms with Crippen LogP contribution < -0.4 is 0 Å². The maximum absolute atomic E-state index is 6.33. The van der Waals surface area contributed by atoms with Gasteiger partial charge in [0.05, 0.1) is 0 Å². The first-order chi connectivity index (χ1) is 60.0. The maximum Gasteiger partial charge on any atom is 0.136 e. The van der Waals surface area contributed by atoms with Gasteiger partial charge in [0.1, 0.15) is 33.5 Å². The standard InChI is InChI=1S/C42H26O.2C38H24O/c1-2-14-29-27(12-1)13-11-22-30(29)31-15-3-4-17-34(31)42-37-20-7-5-18-35(37)41(36-19-6-8-21-38(36)42)28-24-25-33-32-16-9-10-23-39(32)43-40(33)26-28;1-2-11-25(12-3-1)26-13-10-14-27(23-26)37-31-16-4-6-18-33(31)38(34-19-7-5-17-32(34)37)28-21-22-30-29-15-8-9-20-35(29)39-36(30)24-28;1-2-10-25(11-3-1)26-18-20-27(21-19-26)37-31-13-4-6-15-33(31)38(34-16-7-5-14-32(34)37)28-22-23-30-29-12-8-9-17-35(29)39-36(30)24-28/h1-26H;2*1-24H. The molecule has 0 amide bonds. The molecule has 3 nitrogen and oxygen atoms in total. The summed E-state index contributed by atoms with van der Waals surface area (Å²) < 4.78 is 18.9. The highest BCUT2D eigenvalue weighted by molar-refractivity contribution is 6.26. The monoisotopic (exact) mass is 1540 g/mol. The Morgan fingerprint density at radius 2 is 0.339 bits per heavy atom. The van der Waals surface area contributed by atoms with Crippen molar-refractivity contribution >= 4 is 141 Å². The van der Waals surface area contributed by atoms with Crippen LogP contribution in [-0.4, -0.2) is 0 Å². The SMILES string of the molecule is c1ccc(-c2c3ccccc3c(-c3ccc4c(c3)oc3ccccc34)c3ccccc23)c(-c2cccc3ccccc23)c1.c1ccc(-c2ccc(-c3c4ccccc4c(-c4ccc5c(c4)oc4ccccc45)c4ccccc34)cc2)cc1.c1ccc(-c2cccc(-c3c4ccccc4c(-c4ccc5c(c4)oc4ccccc45)c4ccccc34)c2)cc1. The quantitative estimate of drug-likeness (QED) is 0.135. The van der Waals surface area contributed by atoms with Gasteiger partial charge in [-0.2, -0.15) is 0 Å². The molecule has 0 atom stereocenters. The number of furan rings is 3. The van der Waals surface area contributed by atoms with E-state index in [4.69, 9.17) is 13.3 Å². The van der Waals surface area contributed by atoms with Crippen LogP contribution in [0.15, 0.2) is 462 Å². The summed E-state index contributed by atoms with van der Waals surface area (Å²) in [6.45, 7) is 0. The van der Waals surface area contributed by atoms with E-state index in [2.05, 4.69) is 413 Å². The smallest absolute Gasteiger partial charge is 0.136 e. The van der Waals surface area contributed by atoms with Gasteiger partial charge < -0.3 is 13.3 Å². The van der Waals surface area contributed by atoms with E-state index >= 15 is 0 Å². The van der Waals surface area contributed by atoms with Crippen LogP contribution in [0.2, 0.25) is 0 Å². The highest BCUT2D eigenvalue weighted by atomic mass is 16.3. The second-order valence-corrected chi connectivity index (χ2v) is 31.4.